The smallest absolute Gasteiger partial charge is 0.336 e. The number of fused-ring (bicyclic) bond motifs is 2. The van der Waals surface area contributed by atoms with Gasteiger partial charge in [0.15, 0.2) is 5.78 Å². The summed E-state index contributed by atoms with van der Waals surface area (Å²) < 4.78 is 12.6. The Kier molecular flexibility index (Phi) is 6.81. The average Bonchev–Trinajstić information content (AvgIpc) is 3.14. The number of carbonyl (C=O) groups is 2. The van der Waals surface area contributed by atoms with Crippen molar-refractivity contribution in [3.05, 3.63) is 114 Å². The van der Waals surface area contributed by atoms with Gasteiger partial charge in [0.2, 0.25) is 0 Å². The van der Waals surface area contributed by atoms with E-state index in [2.05, 4.69) is 37.2 Å². The number of halogens is 3. The number of ether oxygens (including phenoxy) is 2. The molecule has 8 heteroatoms. The van der Waals surface area contributed by atoms with Crippen LogP contribution >= 0.6 is 43.5 Å². The van der Waals surface area contributed by atoms with Crippen LogP contribution in [0.4, 0.5) is 0 Å². The fourth-order valence-corrected chi connectivity index (χ4v) is 6.24. The Balaban J connectivity index is 1.57. The van der Waals surface area contributed by atoms with Crippen LogP contribution in [0, 0.1) is 0 Å². The van der Waals surface area contributed by atoms with Gasteiger partial charge in [0.25, 0.3) is 0 Å². The van der Waals surface area contributed by atoms with Gasteiger partial charge in [-0.05, 0) is 74.2 Å². The minimum Gasteiger partial charge on any atom is -0.487 e. The van der Waals surface area contributed by atoms with E-state index < -0.39 is 11.9 Å². The number of esters is 1. The Bertz CT molecular complexity index is 1450. The van der Waals surface area contributed by atoms with Crippen LogP contribution in [0.25, 0.3) is 5.70 Å². The predicted octanol–water partition coefficient (Wildman–Crippen LogP) is 7.19. The molecule has 0 unspecified atom stereocenters. The summed E-state index contributed by atoms with van der Waals surface area (Å²) in [5, 5.41) is 3.95. The number of hydrogen-bond donors (Lipinski definition) is 1. The van der Waals surface area contributed by atoms with Crippen LogP contribution < -0.4 is 10.1 Å². The molecule has 1 N–H and O–H groups in total. The number of ketones is 1. The van der Waals surface area contributed by atoms with Gasteiger partial charge in [-0.3, -0.25) is 4.79 Å². The third kappa shape index (κ3) is 4.29. The quantitative estimate of drug-likeness (QED) is 0.303. The standard InChI is InChI=1S/C28H20Br2ClNO4/c1-14-22(28(34)35-2)23(24-25(32-14)18-5-3-4-6-19(18)26(24)33)16-11-20(29)27(21(30)12-16)36-13-15-7-9-17(31)10-8-15/h3-12,23,32H,13H2,1-2H3/t23-/m1/s1. The highest BCUT2D eigenvalue weighted by Gasteiger charge is 2.43. The molecule has 1 atom stereocenters. The van der Waals surface area contributed by atoms with Crippen molar-refractivity contribution in [2.75, 3.05) is 7.11 Å². The Morgan fingerprint density at radius 3 is 2.31 bits per heavy atom. The number of Topliss-reactive ketones (excluding diaryl/α,β-unsaturated/α-hetero) is 1. The van der Waals surface area contributed by atoms with Gasteiger partial charge in [0.05, 0.1) is 27.3 Å². The molecule has 0 saturated carbocycles. The van der Waals surface area contributed by atoms with Gasteiger partial charge in [-0.25, -0.2) is 4.79 Å². The van der Waals surface area contributed by atoms with E-state index in [-0.39, 0.29) is 5.78 Å². The van der Waals surface area contributed by atoms with Gasteiger partial charge >= 0.3 is 5.97 Å². The third-order valence-corrected chi connectivity index (χ3v) is 7.73. The van der Waals surface area contributed by atoms with Crippen molar-refractivity contribution in [2.24, 2.45) is 0 Å². The van der Waals surface area contributed by atoms with Crippen LogP contribution in [0.3, 0.4) is 0 Å². The highest BCUT2D eigenvalue weighted by molar-refractivity contribution is 9.11. The Labute approximate surface area is 230 Å². The molecule has 5 nitrogen and oxygen atoms in total. The molecule has 0 saturated heterocycles. The van der Waals surface area contributed by atoms with Crippen LogP contribution in [0.15, 0.2) is 86.5 Å². The first kappa shape index (κ1) is 24.8. The topological polar surface area (TPSA) is 64.6 Å². The average molecular weight is 630 g/mol. The zero-order valence-corrected chi connectivity index (χ0v) is 23.3. The van der Waals surface area contributed by atoms with E-state index in [1.807, 2.05) is 61.5 Å². The van der Waals surface area contributed by atoms with Crippen LogP contribution in [-0.2, 0) is 16.1 Å². The number of rotatable bonds is 5. The van der Waals surface area contributed by atoms with Crippen LogP contribution in [0.5, 0.6) is 5.75 Å². The lowest BCUT2D eigenvalue weighted by atomic mass is 9.80. The molecule has 36 heavy (non-hydrogen) atoms. The first-order valence-electron chi connectivity index (χ1n) is 11.1. The highest BCUT2D eigenvalue weighted by atomic mass is 79.9. The van der Waals surface area contributed by atoms with Crippen molar-refractivity contribution >= 4 is 60.9 Å². The number of benzene rings is 3. The lowest BCUT2D eigenvalue weighted by Crippen LogP contribution is -2.29. The Morgan fingerprint density at radius 2 is 1.67 bits per heavy atom. The maximum absolute atomic E-state index is 13.6. The van der Waals surface area contributed by atoms with Crippen LogP contribution in [0.2, 0.25) is 5.02 Å². The summed E-state index contributed by atoms with van der Waals surface area (Å²) in [6, 6.07) is 18.7. The van der Waals surface area contributed by atoms with Crippen molar-refractivity contribution in [1.82, 2.24) is 5.32 Å². The number of allylic oxidation sites excluding steroid dienone is 2. The van der Waals surface area contributed by atoms with Crippen molar-refractivity contribution in [3.8, 4) is 5.75 Å². The minimum absolute atomic E-state index is 0.109. The molecule has 2 aliphatic rings. The van der Waals surface area contributed by atoms with Crippen LogP contribution in [-0.4, -0.2) is 18.9 Å². The fourth-order valence-electron chi connectivity index (χ4n) is 4.66. The maximum Gasteiger partial charge on any atom is 0.336 e. The van der Waals surface area contributed by atoms with E-state index in [1.54, 1.807) is 6.07 Å². The summed E-state index contributed by atoms with van der Waals surface area (Å²) in [7, 11) is 1.34. The molecule has 0 spiro atoms. The monoisotopic (exact) mass is 627 g/mol. The van der Waals surface area contributed by atoms with Crippen molar-refractivity contribution in [3.63, 3.8) is 0 Å². The first-order valence-corrected chi connectivity index (χ1v) is 13.1. The molecular formula is C28H20Br2ClNO4. The normalized spacial score (nSPS) is 16.5. The second-order valence-corrected chi connectivity index (χ2v) is 10.6. The molecular weight excluding hydrogens is 610 g/mol. The zero-order chi connectivity index (χ0) is 25.6. The molecule has 3 aromatic carbocycles. The number of hydrogen-bond acceptors (Lipinski definition) is 5. The highest BCUT2D eigenvalue weighted by Crippen LogP contribution is 2.48. The number of carbonyl (C=O) groups excluding carboxylic acids is 2. The second kappa shape index (κ2) is 9.88. The molecule has 1 heterocycles. The van der Waals surface area contributed by atoms with Gasteiger partial charge in [0, 0.05) is 33.3 Å². The molecule has 5 rings (SSSR count). The summed E-state index contributed by atoms with van der Waals surface area (Å²) >= 11 is 13.2. The van der Waals surface area contributed by atoms with Gasteiger partial charge in [-0.15, -0.1) is 0 Å². The van der Waals surface area contributed by atoms with Gasteiger partial charge in [-0.2, -0.15) is 0 Å². The molecule has 0 aromatic heterocycles. The van der Waals surface area contributed by atoms with E-state index in [0.29, 0.717) is 48.7 Å². The minimum atomic E-state index is -0.619. The van der Waals surface area contributed by atoms with Crippen molar-refractivity contribution < 1.29 is 19.1 Å². The lowest BCUT2D eigenvalue weighted by Gasteiger charge is -2.29. The second-order valence-electron chi connectivity index (χ2n) is 8.48. The van der Waals surface area contributed by atoms with Gasteiger partial charge < -0.3 is 14.8 Å². The number of nitrogens with one attached hydrogen (secondary N) is 1. The molecule has 0 bridgehead atoms. The predicted molar refractivity (Wildman–Crippen MR) is 146 cm³/mol. The number of methoxy groups -OCH3 is 1. The summed E-state index contributed by atoms with van der Waals surface area (Å²) in [4.78, 5) is 26.5. The Morgan fingerprint density at radius 1 is 1.03 bits per heavy atom. The SMILES string of the molecule is COC(=O)C1=C(C)NC2=C(C(=O)c3ccccc32)[C@@H]1c1cc(Br)c(OCc2ccc(Cl)cc2)c(Br)c1. The summed E-state index contributed by atoms with van der Waals surface area (Å²) in [5.74, 6) is -0.609. The van der Waals surface area contributed by atoms with E-state index in [9.17, 15) is 9.59 Å². The Hall–Kier alpha value is -2.87. The fraction of sp³-hybridized carbons (Fsp3) is 0.143. The molecule has 1 aliphatic heterocycles. The zero-order valence-electron chi connectivity index (χ0n) is 19.3. The van der Waals surface area contributed by atoms with E-state index in [1.165, 1.54) is 7.11 Å². The lowest BCUT2D eigenvalue weighted by molar-refractivity contribution is -0.136. The molecule has 182 valence electrons. The molecule has 0 amide bonds. The maximum atomic E-state index is 13.6. The van der Waals surface area contributed by atoms with Gasteiger partial charge in [-0.1, -0.05) is 48.0 Å². The van der Waals surface area contributed by atoms with Crippen molar-refractivity contribution in [2.45, 2.75) is 19.4 Å². The summed E-state index contributed by atoms with van der Waals surface area (Å²) in [5.41, 5.74) is 5.44. The van der Waals surface area contributed by atoms with E-state index >= 15 is 0 Å². The van der Waals surface area contributed by atoms with Crippen molar-refractivity contribution in [1.29, 1.82) is 0 Å². The molecule has 0 radical (unpaired) electrons. The van der Waals surface area contributed by atoms with Crippen LogP contribution in [0.1, 0.15) is 39.9 Å². The summed E-state index contributed by atoms with van der Waals surface area (Å²) in [6.45, 7) is 2.17. The van der Waals surface area contributed by atoms with E-state index in [0.717, 1.165) is 22.4 Å². The molecule has 0 fully saturated rings. The molecule has 1 aliphatic carbocycles. The molecule has 3 aromatic rings. The largest absolute Gasteiger partial charge is 0.487 e. The third-order valence-electron chi connectivity index (χ3n) is 6.30. The number of dihydropyridines is 1. The first-order chi connectivity index (χ1) is 17.3. The van der Waals surface area contributed by atoms with Gasteiger partial charge in [0.1, 0.15) is 12.4 Å². The van der Waals surface area contributed by atoms with E-state index in [4.69, 9.17) is 21.1 Å². The summed E-state index contributed by atoms with van der Waals surface area (Å²) in [6.07, 6.45) is 0.